The van der Waals surface area contributed by atoms with Crippen LogP contribution in [0.15, 0.2) is 6.07 Å². The minimum atomic E-state index is -4.57. The average Bonchev–Trinajstić information content (AvgIpc) is 3.05. The summed E-state index contributed by atoms with van der Waals surface area (Å²) >= 11 is 0. The van der Waals surface area contributed by atoms with Gasteiger partial charge in [0.15, 0.2) is 0 Å². The zero-order valence-electron chi connectivity index (χ0n) is 11.8. The van der Waals surface area contributed by atoms with Crippen LogP contribution in [0.3, 0.4) is 0 Å². The Hall–Kier alpha value is -1.86. The number of rotatable bonds is 4. The summed E-state index contributed by atoms with van der Waals surface area (Å²) in [4.78, 5) is 7.46. The second kappa shape index (κ2) is 4.57. The van der Waals surface area contributed by atoms with Crippen molar-refractivity contribution in [1.29, 1.82) is 0 Å². The molecule has 2 heterocycles. The van der Waals surface area contributed by atoms with Crippen LogP contribution in [0.1, 0.15) is 37.7 Å². The Bertz CT molecular complexity index is 672. The first-order chi connectivity index (χ1) is 9.83. The predicted molar refractivity (Wildman–Crippen MR) is 71.0 cm³/mol. The molecule has 3 rings (SSSR count). The van der Waals surface area contributed by atoms with E-state index in [0.717, 1.165) is 30.3 Å². The number of nitrogens with zero attached hydrogens (tertiary/aromatic N) is 4. The van der Waals surface area contributed by atoms with Crippen molar-refractivity contribution in [2.75, 3.05) is 11.9 Å². The largest absolute Gasteiger partial charge is 0.453 e. The van der Waals surface area contributed by atoms with Crippen LogP contribution in [0.2, 0.25) is 0 Å². The summed E-state index contributed by atoms with van der Waals surface area (Å²) in [5.41, 5.74) is 0.879. The summed E-state index contributed by atoms with van der Waals surface area (Å²) in [6.45, 7) is 4.57. The summed E-state index contributed by atoms with van der Waals surface area (Å²) < 4.78 is 39.3. The summed E-state index contributed by atoms with van der Waals surface area (Å²) in [5, 5.41) is 6.73. The number of halogens is 3. The van der Waals surface area contributed by atoms with Gasteiger partial charge in [-0.3, -0.25) is 0 Å². The van der Waals surface area contributed by atoms with Gasteiger partial charge in [0.2, 0.25) is 0 Å². The maximum atomic E-state index is 12.7. The SMILES string of the molecule is CCC1(CNc2cc(C)nc3nc(C(F)(F)F)nn23)CC1. The molecule has 21 heavy (non-hydrogen) atoms. The van der Waals surface area contributed by atoms with Crippen LogP contribution in [0.5, 0.6) is 0 Å². The van der Waals surface area contributed by atoms with Gasteiger partial charge in [0.1, 0.15) is 5.82 Å². The van der Waals surface area contributed by atoms with E-state index >= 15 is 0 Å². The van der Waals surface area contributed by atoms with Crippen molar-refractivity contribution in [2.45, 2.75) is 39.3 Å². The van der Waals surface area contributed by atoms with Crippen molar-refractivity contribution in [3.8, 4) is 0 Å². The lowest BCUT2D eigenvalue weighted by Crippen LogP contribution is -2.17. The van der Waals surface area contributed by atoms with Gasteiger partial charge in [-0.2, -0.15) is 22.7 Å². The fourth-order valence-corrected chi connectivity index (χ4v) is 2.34. The molecule has 0 unspecified atom stereocenters. The molecule has 0 saturated heterocycles. The maximum absolute atomic E-state index is 12.7. The molecule has 0 bridgehead atoms. The minimum Gasteiger partial charge on any atom is -0.369 e. The molecule has 0 aliphatic heterocycles. The first-order valence-corrected chi connectivity index (χ1v) is 6.88. The van der Waals surface area contributed by atoms with Crippen molar-refractivity contribution >= 4 is 11.6 Å². The van der Waals surface area contributed by atoms with Crippen molar-refractivity contribution < 1.29 is 13.2 Å². The van der Waals surface area contributed by atoms with Gasteiger partial charge in [-0.1, -0.05) is 6.92 Å². The van der Waals surface area contributed by atoms with E-state index in [1.807, 2.05) is 0 Å². The molecule has 2 aromatic heterocycles. The number of hydrogen-bond donors (Lipinski definition) is 1. The minimum absolute atomic E-state index is 0.0360. The molecule has 114 valence electrons. The average molecular weight is 299 g/mol. The van der Waals surface area contributed by atoms with Gasteiger partial charge in [0.05, 0.1) is 0 Å². The third-order valence-corrected chi connectivity index (χ3v) is 4.05. The second-order valence-corrected chi connectivity index (χ2v) is 5.63. The molecule has 1 aliphatic rings. The lowest BCUT2D eigenvalue weighted by atomic mass is 10.0. The Morgan fingerprint density at radius 2 is 2.05 bits per heavy atom. The molecular weight excluding hydrogens is 283 g/mol. The summed E-state index contributed by atoms with van der Waals surface area (Å²) in [5.74, 6) is -0.702. The van der Waals surface area contributed by atoms with Gasteiger partial charge in [0.25, 0.3) is 11.6 Å². The van der Waals surface area contributed by atoms with E-state index in [9.17, 15) is 13.2 Å². The van der Waals surface area contributed by atoms with Crippen molar-refractivity contribution in [3.63, 3.8) is 0 Å². The summed E-state index contributed by atoms with van der Waals surface area (Å²) in [6.07, 6.45) is -1.22. The smallest absolute Gasteiger partial charge is 0.369 e. The second-order valence-electron chi connectivity index (χ2n) is 5.63. The Kier molecular flexibility index (Phi) is 3.07. The molecule has 0 amide bonds. The Morgan fingerprint density at radius 3 is 2.62 bits per heavy atom. The number of alkyl halides is 3. The van der Waals surface area contributed by atoms with Crippen LogP contribution in [0.25, 0.3) is 5.78 Å². The number of anilines is 1. The highest BCUT2D eigenvalue weighted by Gasteiger charge is 2.40. The van der Waals surface area contributed by atoms with Crippen LogP contribution < -0.4 is 5.32 Å². The Morgan fingerprint density at radius 1 is 1.33 bits per heavy atom. The molecular formula is C13H16F3N5. The predicted octanol–water partition coefficient (Wildman–Crippen LogP) is 3.05. The van der Waals surface area contributed by atoms with Gasteiger partial charge in [0, 0.05) is 18.3 Å². The molecule has 0 aromatic carbocycles. The van der Waals surface area contributed by atoms with Gasteiger partial charge in [-0.25, -0.2) is 4.98 Å². The number of fused-ring (bicyclic) bond motifs is 1. The normalized spacial score (nSPS) is 17.2. The van der Waals surface area contributed by atoms with Gasteiger partial charge in [-0.05, 0) is 31.6 Å². The van der Waals surface area contributed by atoms with E-state index < -0.39 is 12.0 Å². The van der Waals surface area contributed by atoms with E-state index in [2.05, 4.69) is 27.3 Å². The highest BCUT2D eigenvalue weighted by molar-refractivity contribution is 5.45. The zero-order valence-corrected chi connectivity index (χ0v) is 11.8. The summed E-state index contributed by atoms with van der Waals surface area (Å²) in [6, 6.07) is 1.69. The standard InChI is InChI=1S/C13H16F3N5/c1-3-12(4-5-12)7-17-9-6-8(2)18-11-19-10(13(14,15)16)20-21(9)11/h6,17H,3-5,7H2,1-2H3. The van der Waals surface area contributed by atoms with Crippen molar-refractivity contribution in [3.05, 3.63) is 17.6 Å². The molecule has 1 saturated carbocycles. The topological polar surface area (TPSA) is 55.1 Å². The van der Waals surface area contributed by atoms with E-state index in [1.165, 1.54) is 0 Å². The maximum Gasteiger partial charge on any atom is 0.453 e. The highest BCUT2D eigenvalue weighted by Crippen LogP contribution is 2.48. The number of nitrogens with one attached hydrogen (secondary N) is 1. The lowest BCUT2D eigenvalue weighted by Gasteiger charge is -2.15. The van der Waals surface area contributed by atoms with Crippen molar-refractivity contribution in [2.24, 2.45) is 5.41 Å². The van der Waals surface area contributed by atoms with E-state index in [-0.39, 0.29) is 11.2 Å². The molecule has 1 N–H and O–H groups in total. The molecule has 8 heteroatoms. The molecule has 0 atom stereocenters. The third-order valence-electron chi connectivity index (χ3n) is 4.05. The van der Waals surface area contributed by atoms with Gasteiger partial charge < -0.3 is 5.32 Å². The van der Waals surface area contributed by atoms with Crippen LogP contribution in [-0.2, 0) is 6.18 Å². The molecule has 0 radical (unpaired) electrons. The van der Waals surface area contributed by atoms with E-state index in [1.54, 1.807) is 13.0 Å². The third kappa shape index (κ3) is 2.66. The van der Waals surface area contributed by atoms with Crippen LogP contribution >= 0.6 is 0 Å². The number of aryl methyl sites for hydroxylation is 1. The van der Waals surface area contributed by atoms with Gasteiger partial charge >= 0.3 is 6.18 Å². The van der Waals surface area contributed by atoms with Crippen LogP contribution in [-0.4, -0.2) is 26.1 Å². The first kappa shape index (κ1) is 14.1. The molecule has 0 spiro atoms. The zero-order chi connectivity index (χ0) is 15.3. The first-order valence-electron chi connectivity index (χ1n) is 6.88. The van der Waals surface area contributed by atoms with Crippen LogP contribution in [0.4, 0.5) is 19.0 Å². The molecule has 1 aliphatic carbocycles. The summed E-state index contributed by atoms with van der Waals surface area (Å²) in [7, 11) is 0. The van der Waals surface area contributed by atoms with Crippen molar-refractivity contribution in [1.82, 2.24) is 19.6 Å². The highest BCUT2D eigenvalue weighted by atomic mass is 19.4. The quantitative estimate of drug-likeness (QED) is 0.942. The van der Waals surface area contributed by atoms with Gasteiger partial charge in [-0.15, -0.1) is 5.10 Å². The number of aromatic nitrogens is 4. The number of hydrogen-bond acceptors (Lipinski definition) is 4. The lowest BCUT2D eigenvalue weighted by molar-refractivity contribution is -0.144. The molecule has 2 aromatic rings. The fourth-order valence-electron chi connectivity index (χ4n) is 2.34. The molecule has 1 fully saturated rings. The van der Waals surface area contributed by atoms with E-state index in [4.69, 9.17) is 0 Å². The Balaban J connectivity index is 1.95. The van der Waals surface area contributed by atoms with Crippen LogP contribution in [0, 0.1) is 12.3 Å². The monoisotopic (exact) mass is 299 g/mol. The Labute approximate surface area is 119 Å². The van der Waals surface area contributed by atoms with E-state index in [0.29, 0.717) is 11.5 Å². The molecule has 5 nitrogen and oxygen atoms in total. The fraction of sp³-hybridized carbons (Fsp3) is 0.615.